The standard InChI is InChI=1S/C12H14O2/c1-2-11(12-9-14-12)13-8-10-6-4-3-5-7-10/h2-7,11-12H,1,8-9H2. The topological polar surface area (TPSA) is 21.8 Å². The molecule has 0 aromatic heterocycles. The first-order valence-electron chi connectivity index (χ1n) is 4.80. The van der Waals surface area contributed by atoms with Gasteiger partial charge in [-0.1, -0.05) is 36.4 Å². The maximum Gasteiger partial charge on any atom is 0.111 e. The number of hydrogen-bond donors (Lipinski definition) is 0. The van der Waals surface area contributed by atoms with Crippen molar-refractivity contribution in [3.63, 3.8) is 0 Å². The van der Waals surface area contributed by atoms with Gasteiger partial charge in [-0.05, 0) is 5.56 Å². The van der Waals surface area contributed by atoms with Gasteiger partial charge in [0.2, 0.25) is 0 Å². The molecule has 1 aliphatic rings. The first-order valence-corrected chi connectivity index (χ1v) is 4.80. The minimum atomic E-state index is 0.0372. The largest absolute Gasteiger partial charge is 0.370 e. The predicted molar refractivity (Wildman–Crippen MR) is 55.0 cm³/mol. The van der Waals surface area contributed by atoms with E-state index in [2.05, 4.69) is 6.58 Å². The van der Waals surface area contributed by atoms with Gasteiger partial charge in [0, 0.05) is 0 Å². The van der Waals surface area contributed by atoms with E-state index in [1.54, 1.807) is 6.08 Å². The molecule has 0 aliphatic carbocycles. The van der Waals surface area contributed by atoms with E-state index >= 15 is 0 Å². The van der Waals surface area contributed by atoms with E-state index in [1.165, 1.54) is 5.56 Å². The highest BCUT2D eigenvalue weighted by atomic mass is 16.6. The van der Waals surface area contributed by atoms with Gasteiger partial charge >= 0.3 is 0 Å². The van der Waals surface area contributed by atoms with Crippen LogP contribution in [0.5, 0.6) is 0 Å². The molecule has 0 saturated carbocycles. The minimum Gasteiger partial charge on any atom is -0.370 e. The molecule has 74 valence electrons. The van der Waals surface area contributed by atoms with Crippen molar-refractivity contribution in [1.29, 1.82) is 0 Å². The van der Waals surface area contributed by atoms with Crippen LogP contribution in [0.15, 0.2) is 43.0 Å². The fourth-order valence-corrected chi connectivity index (χ4v) is 1.34. The number of ether oxygens (including phenoxy) is 2. The summed E-state index contributed by atoms with van der Waals surface area (Å²) in [7, 11) is 0. The molecule has 2 rings (SSSR count). The van der Waals surface area contributed by atoms with Crippen molar-refractivity contribution < 1.29 is 9.47 Å². The molecule has 1 fully saturated rings. The van der Waals surface area contributed by atoms with Gasteiger partial charge in [-0.25, -0.2) is 0 Å². The van der Waals surface area contributed by atoms with E-state index in [4.69, 9.17) is 9.47 Å². The average Bonchev–Trinajstić information content (AvgIpc) is 3.05. The van der Waals surface area contributed by atoms with Gasteiger partial charge in [0.25, 0.3) is 0 Å². The summed E-state index contributed by atoms with van der Waals surface area (Å²) in [4.78, 5) is 0. The molecule has 0 spiro atoms. The molecule has 0 radical (unpaired) electrons. The third-order valence-electron chi connectivity index (χ3n) is 2.24. The van der Waals surface area contributed by atoms with Crippen molar-refractivity contribution in [2.75, 3.05) is 6.61 Å². The van der Waals surface area contributed by atoms with Crippen LogP contribution in [0.1, 0.15) is 5.56 Å². The Bertz CT molecular complexity index is 290. The van der Waals surface area contributed by atoms with Crippen molar-refractivity contribution >= 4 is 0 Å². The molecule has 1 heterocycles. The van der Waals surface area contributed by atoms with Gasteiger partial charge in [0.15, 0.2) is 0 Å². The predicted octanol–water partition coefficient (Wildman–Crippen LogP) is 2.16. The second-order valence-electron chi connectivity index (χ2n) is 3.37. The highest BCUT2D eigenvalue weighted by Gasteiger charge is 2.31. The Morgan fingerprint density at radius 1 is 1.50 bits per heavy atom. The molecule has 1 aliphatic heterocycles. The van der Waals surface area contributed by atoms with Crippen molar-refractivity contribution in [3.8, 4) is 0 Å². The van der Waals surface area contributed by atoms with Crippen LogP contribution < -0.4 is 0 Å². The summed E-state index contributed by atoms with van der Waals surface area (Å²) in [5, 5.41) is 0. The summed E-state index contributed by atoms with van der Waals surface area (Å²) in [6.45, 7) is 5.15. The van der Waals surface area contributed by atoms with Crippen LogP contribution in [0, 0.1) is 0 Å². The third-order valence-corrected chi connectivity index (χ3v) is 2.24. The van der Waals surface area contributed by atoms with E-state index in [0.717, 1.165) is 6.61 Å². The summed E-state index contributed by atoms with van der Waals surface area (Å²) in [6.07, 6.45) is 2.08. The molecule has 0 bridgehead atoms. The smallest absolute Gasteiger partial charge is 0.111 e. The summed E-state index contributed by atoms with van der Waals surface area (Å²) in [5.74, 6) is 0. The molecule has 0 N–H and O–H groups in total. The van der Waals surface area contributed by atoms with Gasteiger partial charge in [-0.2, -0.15) is 0 Å². The monoisotopic (exact) mass is 190 g/mol. The summed E-state index contributed by atoms with van der Waals surface area (Å²) in [6, 6.07) is 10.1. The lowest BCUT2D eigenvalue weighted by atomic mass is 10.2. The molecular weight excluding hydrogens is 176 g/mol. The zero-order valence-electron chi connectivity index (χ0n) is 8.06. The summed E-state index contributed by atoms with van der Waals surface area (Å²) >= 11 is 0. The minimum absolute atomic E-state index is 0.0372. The van der Waals surface area contributed by atoms with Crippen molar-refractivity contribution in [1.82, 2.24) is 0 Å². The summed E-state index contributed by atoms with van der Waals surface area (Å²) < 4.78 is 10.8. The quantitative estimate of drug-likeness (QED) is 0.524. The Morgan fingerprint density at radius 3 is 2.79 bits per heavy atom. The lowest BCUT2D eigenvalue weighted by Crippen LogP contribution is -2.16. The van der Waals surface area contributed by atoms with E-state index in [0.29, 0.717) is 6.61 Å². The van der Waals surface area contributed by atoms with Gasteiger partial charge in [-0.3, -0.25) is 0 Å². The summed E-state index contributed by atoms with van der Waals surface area (Å²) in [5.41, 5.74) is 1.18. The maximum atomic E-state index is 5.66. The second kappa shape index (κ2) is 4.40. The molecule has 1 aromatic carbocycles. The number of hydrogen-bond acceptors (Lipinski definition) is 2. The number of rotatable bonds is 5. The van der Waals surface area contributed by atoms with E-state index in [9.17, 15) is 0 Å². The zero-order chi connectivity index (χ0) is 9.80. The van der Waals surface area contributed by atoms with E-state index in [-0.39, 0.29) is 12.2 Å². The lowest BCUT2D eigenvalue weighted by molar-refractivity contribution is 0.0528. The molecule has 2 nitrogen and oxygen atoms in total. The van der Waals surface area contributed by atoms with Gasteiger partial charge in [0.1, 0.15) is 12.2 Å². The molecular formula is C12H14O2. The van der Waals surface area contributed by atoms with Crippen LogP contribution in [-0.2, 0) is 16.1 Å². The van der Waals surface area contributed by atoms with Crippen LogP contribution in [0.25, 0.3) is 0 Å². The van der Waals surface area contributed by atoms with E-state index < -0.39 is 0 Å². The fourth-order valence-electron chi connectivity index (χ4n) is 1.34. The highest BCUT2D eigenvalue weighted by molar-refractivity contribution is 5.13. The first kappa shape index (κ1) is 9.44. The first-order chi connectivity index (χ1) is 6.90. The second-order valence-corrected chi connectivity index (χ2v) is 3.37. The molecule has 1 saturated heterocycles. The lowest BCUT2D eigenvalue weighted by Gasteiger charge is -2.10. The Hall–Kier alpha value is -1.12. The van der Waals surface area contributed by atoms with Crippen molar-refractivity contribution in [2.24, 2.45) is 0 Å². The van der Waals surface area contributed by atoms with E-state index in [1.807, 2.05) is 30.3 Å². The van der Waals surface area contributed by atoms with Crippen molar-refractivity contribution in [3.05, 3.63) is 48.6 Å². The Labute approximate surface area is 84.2 Å². The third kappa shape index (κ3) is 2.44. The highest BCUT2D eigenvalue weighted by Crippen LogP contribution is 2.18. The molecule has 14 heavy (non-hydrogen) atoms. The maximum absolute atomic E-state index is 5.66. The van der Waals surface area contributed by atoms with Crippen LogP contribution in [0.4, 0.5) is 0 Å². The van der Waals surface area contributed by atoms with Gasteiger partial charge in [0.05, 0.1) is 13.2 Å². The molecule has 2 atom stereocenters. The fraction of sp³-hybridized carbons (Fsp3) is 0.333. The molecule has 0 amide bonds. The van der Waals surface area contributed by atoms with Crippen LogP contribution in [-0.4, -0.2) is 18.8 Å². The Balaban J connectivity index is 1.83. The van der Waals surface area contributed by atoms with Crippen molar-refractivity contribution in [2.45, 2.75) is 18.8 Å². The normalized spacial score (nSPS) is 21.6. The Morgan fingerprint density at radius 2 is 2.21 bits per heavy atom. The Kier molecular flexibility index (Phi) is 2.96. The molecule has 2 heteroatoms. The number of benzene rings is 1. The van der Waals surface area contributed by atoms with Crippen LogP contribution in [0.3, 0.4) is 0 Å². The van der Waals surface area contributed by atoms with Gasteiger partial charge < -0.3 is 9.47 Å². The SMILES string of the molecule is C=CC(OCc1ccccc1)C1CO1. The molecule has 1 aromatic rings. The average molecular weight is 190 g/mol. The van der Waals surface area contributed by atoms with Crippen LogP contribution in [0.2, 0.25) is 0 Å². The number of epoxide rings is 1. The van der Waals surface area contributed by atoms with Crippen LogP contribution >= 0.6 is 0 Å². The molecule has 2 unspecified atom stereocenters. The van der Waals surface area contributed by atoms with Gasteiger partial charge in [-0.15, -0.1) is 6.58 Å². The zero-order valence-corrected chi connectivity index (χ0v) is 8.06.